The lowest BCUT2D eigenvalue weighted by Gasteiger charge is -2.37. The highest BCUT2D eigenvalue weighted by Gasteiger charge is 2.32. The molecule has 1 saturated heterocycles. The topological polar surface area (TPSA) is 99.1 Å². The largest absolute Gasteiger partial charge is 0.489 e. The van der Waals surface area contributed by atoms with Crippen molar-refractivity contribution < 1.29 is 9.13 Å². The third kappa shape index (κ3) is 4.67. The van der Waals surface area contributed by atoms with Gasteiger partial charge in [-0.2, -0.15) is 4.98 Å². The molecule has 1 aliphatic rings. The molecule has 0 amide bonds. The summed E-state index contributed by atoms with van der Waals surface area (Å²) in [4.78, 5) is 8.36. The Labute approximate surface area is 186 Å². The zero-order chi connectivity index (χ0) is 22.1. The van der Waals surface area contributed by atoms with E-state index in [0.717, 1.165) is 12.8 Å². The molecule has 2 aromatic carbocycles. The van der Waals surface area contributed by atoms with Gasteiger partial charge in [-0.25, -0.2) is 9.37 Å². The van der Waals surface area contributed by atoms with Gasteiger partial charge >= 0.3 is 0 Å². The van der Waals surface area contributed by atoms with Gasteiger partial charge in [0.15, 0.2) is 0 Å². The number of hydrogen-bond donors (Lipinski definition) is 3. The monoisotopic (exact) mass is 443 g/mol. The van der Waals surface area contributed by atoms with Crippen molar-refractivity contribution in [2.75, 3.05) is 11.5 Å². The van der Waals surface area contributed by atoms with E-state index >= 15 is 0 Å². The molecule has 0 radical (unpaired) electrons. The van der Waals surface area contributed by atoms with Gasteiger partial charge in [-0.05, 0) is 56.9 Å². The average molecular weight is 444 g/mol. The van der Waals surface area contributed by atoms with Crippen LogP contribution in [0.15, 0.2) is 36.4 Å². The van der Waals surface area contributed by atoms with Gasteiger partial charge in [0.25, 0.3) is 0 Å². The first kappa shape index (κ1) is 21.6. The number of nitrogens with two attached hydrogens (primary N) is 2. The number of hydrogen-bond acceptors (Lipinski definition) is 6. The molecule has 3 aromatic rings. The van der Waals surface area contributed by atoms with Crippen LogP contribution in [0.1, 0.15) is 32.3 Å². The van der Waals surface area contributed by atoms with E-state index in [-0.39, 0.29) is 29.6 Å². The molecule has 31 heavy (non-hydrogen) atoms. The van der Waals surface area contributed by atoms with Crippen molar-refractivity contribution >= 4 is 34.3 Å². The molecule has 8 heteroatoms. The Morgan fingerprint density at radius 2 is 1.84 bits per heavy atom. The van der Waals surface area contributed by atoms with Gasteiger partial charge in [-0.3, -0.25) is 0 Å². The highest BCUT2D eigenvalue weighted by Crippen LogP contribution is 2.35. The predicted octanol–water partition coefficient (Wildman–Crippen LogP) is 4.35. The number of ether oxygens (including phenoxy) is 1. The van der Waals surface area contributed by atoms with Crippen LogP contribution in [-0.2, 0) is 6.42 Å². The molecule has 3 unspecified atom stereocenters. The average Bonchev–Trinajstić information content (AvgIpc) is 2.68. The maximum Gasteiger partial charge on any atom is 0.222 e. The first-order valence-electron chi connectivity index (χ1n) is 10.5. The van der Waals surface area contributed by atoms with Crippen LogP contribution < -0.4 is 21.5 Å². The van der Waals surface area contributed by atoms with Crippen molar-refractivity contribution in [3.05, 3.63) is 52.8 Å². The van der Waals surface area contributed by atoms with E-state index in [0.29, 0.717) is 45.7 Å². The van der Waals surface area contributed by atoms with Crippen LogP contribution in [0.2, 0.25) is 5.02 Å². The Morgan fingerprint density at radius 1 is 1.13 bits per heavy atom. The van der Waals surface area contributed by atoms with Crippen LogP contribution >= 0.6 is 11.6 Å². The van der Waals surface area contributed by atoms with Gasteiger partial charge in [0.1, 0.15) is 23.5 Å². The van der Waals surface area contributed by atoms with Gasteiger partial charge in [0.2, 0.25) is 5.95 Å². The summed E-state index contributed by atoms with van der Waals surface area (Å²) in [6.45, 7) is 4.31. The molecular formula is C23H27ClFN5O. The summed E-state index contributed by atoms with van der Waals surface area (Å²) in [6, 6.07) is 10.9. The Morgan fingerprint density at radius 3 is 2.55 bits per heavy atom. The Bertz CT molecular complexity index is 1060. The van der Waals surface area contributed by atoms with Crippen molar-refractivity contribution in [2.24, 2.45) is 5.92 Å². The fraction of sp³-hybridized carbons (Fsp3) is 0.391. The van der Waals surface area contributed by atoms with E-state index in [1.165, 1.54) is 6.07 Å². The fourth-order valence-corrected chi connectivity index (χ4v) is 4.86. The number of nitrogen functional groups attached to an aromatic ring is 2. The number of nitrogens with zero attached hydrogens (tertiary/aromatic N) is 2. The molecule has 0 spiro atoms. The number of piperidine rings is 1. The summed E-state index contributed by atoms with van der Waals surface area (Å²) in [5, 5.41) is 4.56. The van der Waals surface area contributed by atoms with Gasteiger partial charge in [0, 0.05) is 29.1 Å². The quantitative estimate of drug-likeness (QED) is 0.542. The predicted molar refractivity (Wildman–Crippen MR) is 123 cm³/mol. The van der Waals surface area contributed by atoms with E-state index in [2.05, 4.69) is 29.1 Å². The van der Waals surface area contributed by atoms with Crippen molar-refractivity contribution in [3.63, 3.8) is 0 Å². The summed E-state index contributed by atoms with van der Waals surface area (Å²) in [5.41, 5.74) is 13.0. The van der Waals surface area contributed by atoms with Gasteiger partial charge in [-0.1, -0.05) is 23.7 Å². The van der Waals surface area contributed by atoms with Crippen LogP contribution in [0.5, 0.6) is 5.75 Å². The summed E-state index contributed by atoms with van der Waals surface area (Å²) >= 11 is 6.35. The Balaban J connectivity index is 1.74. The first-order valence-corrected chi connectivity index (χ1v) is 10.9. The lowest BCUT2D eigenvalue weighted by Crippen LogP contribution is -2.47. The normalized spacial score (nSPS) is 22.4. The second-order valence-electron chi connectivity index (χ2n) is 8.38. The zero-order valence-corrected chi connectivity index (χ0v) is 18.4. The Hall–Kier alpha value is -2.64. The smallest absolute Gasteiger partial charge is 0.222 e. The molecule has 0 saturated carbocycles. The van der Waals surface area contributed by atoms with Gasteiger partial charge in [0.05, 0.1) is 10.9 Å². The molecule has 1 fully saturated rings. The van der Waals surface area contributed by atoms with E-state index in [1.807, 2.05) is 18.2 Å². The summed E-state index contributed by atoms with van der Waals surface area (Å²) in [6.07, 6.45) is 1.86. The summed E-state index contributed by atoms with van der Waals surface area (Å²) in [5.74, 6) is 0.801. The number of nitrogens with one attached hydrogen (secondary N) is 1. The summed E-state index contributed by atoms with van der Waals surface area (Å²) in [7, 11) is 0. The van der Waals surface area contributed by atoms with Gasteiger partial charge in [-0.15, -0.1) is 0 Å². The molecular weight excluding hydrogens is 417 g/mol. The molecule has 5 N–H and O–H groups in total. The highest BCUT2D eigenvalue weighted by molar-refractivity contribution is 6.31. The van der Waals surface area contributed by atoms with Crippen molar-refractivity contribution in [1.82, 2.24) is 15.3 Å². The number of fused-ring (bicyclic) bond motifs is 1. The Kier molecular flexibility index (Phi) is 6.16. The van der Waals surface area contributed by atoms with E-state index in [1.54, 1.807) is 12.1 Å². The van der Waals surface area contributed by atoms with E-state index in [4.69, 9.17) is 27.8 Å². The fourth-order valence-electron chi connectivity index (χ4n) is 4.62. The molecule has 164 valence electrons. The van der Waals surface area contributed by atoms with Crippen molar-refractivity contribution in [1.29, 1.82) is 0 Å². The molecule has 6 nitrogen and oxygen atoms in total. The van der Waals surface area contributed by atoms with Crippen LogP contribution in [0.4, 0.5) is 16.2 Å². The standard InChI is InChI=1S/C23H27ClFN5O/c1-12-9-14(10-13(2)28-12)20(11-15-16(24)5-3-6-17(15)25)31-19-8-4-7-18-21(19)22(26)30-23(27)29-18/h3-8,12-14,20,28H,9-11H2,1-2H3,(H4,26,27,29,30). The van der Waals surface area contributed by atoms with Crippen molar-refractivity contribution in [3.8, 4) is 5.75 Å². The van der Waals surface area contributed by atoms with Crippen LogP contribution in [0.3, 0.4) is 0 Å². The minimum absolute atomic E-state index is 0.109. The number of rotatable bonds is 5. The van der Waals surface area contributed by atoms with E-state index in [9.17, 15) is 4.39 Å². The highest BCUT2D eigenvalue weighted by atomic mass is 35.5. The molecule has 1 aliphatic heterocycles. The first-order chi connectivity index (χ1) is 14.8. The lowest BCUT2D eigenvalue weighted by molar-refractivity contribution is 0.0902. The second-order valence-corrected chi connectivity index (χ2v) is 8.79. The lowest BCUT2D eigenvalue weighted by atomic mass is 9.82. The SMILES string of the molecule is CC1CC(C(Cc2c(F)cccc2Cl)Oc2cccc3nc(N)nc(N)c23)CC(C)N1. The number of benzene rings is 2. The molecule has 4 rings (SSSR count). The number of aromatic nitrogens is 2. The molecule has 1 aromatic heterocycles. The molecule has 0 bridgehead atoms. The van der Waals surface area contributed by atoms with Crippen LogP contribution in [0, 0.1) is 11.7 Å². The number of halogens is 2. The van der Waals surface area contributed by atoms with Gasteiger partial charge < -0.3 is 21.5 Å². The molecule has 2 heterocycles. The molecule has 3 atom stereocenters. The third-order valence-electron chi connectivity index (χ3n) is 5.88. The number of anilines is 2. The minimum atomic E-state index is -0.329. The zero-order valence-electron chi connectivity index (χ0n) is 17.6. The maximum atomic E-state index is 14.6. The second kappa shape index (κ2) is 8.85. The maximum absolute atomic E-state index is 14.6. The van der Waals surface area contributed by atoms with E-state index < -0.39 is 0 Å². The minimum Gasteiger partial charge on any atom is -0.489 e. The van der Waals surface area contributed by atoms with Crippen LogP contribution in [-0.4, -0.2) is 28.2 Å². The molecule has 0 aliphatic carbocycles. The summed E-state index contributed by atoms with van der Waals surface area (Å²) < 4.78 is 21.2. The van der Waals surface area contributed by atoms with Crippen LogP contribution in [0.25, 0.3) is 10.9 Å². The van der Waals surface area contributed by atoms with Crippen molar-refractivity contribution in [2.45, 2.75) is 51.3 Å². The third-order valence-corrected chi connectivity index (χ3v) is 6.24.